The van der Waals surface area contributed by atoms with Crippen LogP contribution in [0.3, 0.4) is 0 Å². The zero-order chi connectivity index (χ0) is 51.5. The van der Waals surface area contributed by atoms with Crippen LogP contribution in [0.15, 0.2) is 140 Å². The molecule has 0 spiro atoms. The van der Waals surface area contributed by atoms with Crippen molar-refractivity contribution in [3.8, 4) is 0 Å². The number of carbonyl (C=O) groups excluding carboxylic acids is 6. The lowest BCUT2D eigenvalue weighted by atomic mass is 9.83. The summed E-state index contributed by atoms with van der Waals surface area (Å²) >= 11 is 0. The average Bonchev–Trinajstić information content (AvgIpc) is 4.31. The van der Waals surface area contributed by atoms with Crippen LogP contribution in [-0.2, 0) is 66.0 Å². The number of esters is 1. The zero-order valence-electron chi connectivity index (χ0n) is 41.0. The summed E-state index contributed by atoms with van der Waals surface area (Å²) in [6.07, 6.45) is 10.9. The summed E-state index contributed by atoms with van der Waals surface area (Å²) < 4.78 is 15.0. The Morgan fingerprint density at radius 2 is 1.04 bits per heavy atom. The predicted octanol–water partition coefficient (Wildman–Crippen LogP) is 9.65. The average molecular weight is 1040 g/mol. The van der Waals surface area contributed by atoms with Crippen molar-refractivity contribution in [1.82, 2.24) is 34.2 Å². The summed E-state index contributed by atoms with van der Waals surface area (Å²) in [5.74, 6) is -5.30. The number of nitrogens with zero attached hydrogens (tertiary/aromatic N) is 4. The number of hydrogen-bond donors (Lipinski definition) is 4. The highest BCUT2D eigenvalue weighted by molar-refractivity contribution is 6.14. The number of likely N-dealkylation sites (tertiary alicyclic amines) is 2. The van der Waals surface area contributed by atoms with Crippen molar-refractivity contribution >= 4 is 79.3 Å². The number of para-hydroxylation sites is 4. The first kappa shape index (κ1) is 51.7. The summed E-state index contributed by atoms with van der Waals surface area (Å²) in [6.45, 7) is 2.06. The molecule has 16 nitrogen and oxygen atoms in total. The molecule has 2 saturated heterocycles. The number of carbonyl (C=O) groups is 6. The first-order valence-electron chi connectivity index (χ1n) is 25.4. The Bertz CT molecular complexity index is 3760. The van der Waals surface area contributed by atoms with E-state index in [1.807, 2.05) is 122 Å². The topological polar surface area (TPSA) is 201 Å². The number of aryl methyl sites for hydroxylation is 4. The summed E-state index contributed by atoms with van der Waals surface area (Å²) in [5, 5.41) is 16.0. The first-order chi connectivity index (χ1) is 36.6. The van der Waals surface area contributed by atoms with E-state index in [-0.39, 0.29) is 33.3 Å². The van der Waals surface area contributed by atoms with Gasteiger partial charge in [-0.25, -0.2) is 14.5 Å². The molecule has 5 atom stereocenters. The Morgan fingerprint density at radius 3 is 1.55 bits per heavy atom. The van der Waals surface area contributed by atoms with Crippen LogP contribution in [0.1, 0.15) is 97.2 Å². The number of nitrogens with one attached hydrogen (secondary N) is 3. The zero-order valence-corrected chi connectivity index (χ0v) is 41.0. The number of fused-ring (bicyclic) bond motifs is 2. The molecule has 77 heavy (non-hydrogen) atoms. The fourth-order valence-corrected chi connectivity index (χ4v) is 12.0. The van der Waals surface area contributed by atoms with Crippen molar-refractivity contribution in [1.29, 1.82) is 0 Å². The summed E-state index contributed by atoms with van der Waals surface area (Å²) in [7, 11) is 0. The number of aliphatic hydroxyl groups excluding tert-OH is 1. The molecule has 4 aliphatic heterocycles. The van der Waals surface area contributed by atoms with Gasteiger partial charge in [-0.1, -0.05) is 118 Å². The van der Waals surface area contributed by atoms with Gasteiger partial charge in [0.25, 0.3) is 0 Å². The Hall–Kier alpha value is -8.76. The van der Waals surface area contributed by atoms with Crippen LogP contribution >= 0.6 is 0 Å². The van der Waals surface area contributed by atoms with Crippen LogP contribution in [0.2, 0.25) is 0 Å². The standard InChI is InChI=1S/C35H32N4O6.C24H21N3O3.2CH4/c1-21(37-35(43)44-19-22-9-3-2-4-10-22)34(42)45-20-39-32(40)29(26-17-36-28-15-6-5-13-24(26)28)30(33(39)41)27-18-38-16-8-12-23-11-7-14-25(27)31(23)38;28-13-27-23(29)20(17-11-25-19-9-2-1-7-15(17)19)21(24(27)30)18-12-26-10-4-6-14-5-3-8-16(18)22(14)26;;/h2-7,9-11,13-15,17-18,21,29-30,36H,8,12,16,19-20H2,1H3,(H,37,43);1-3,5,7-9,11-12,20-21,25,28H,4,6,10,13H2;2*1H4. The molecule has 4 aromatic heterocycles. The lowest BCUT2D eigenvalue weighted by Gasteiger charge is -2.18. The summed E-state index contributed by atoms with van der Waals surface area (Å²) in [5.41, 5.74) is 10.5. The molecule has 0 bridgehead atoms. The highest BCUT2D eigenvalue weighted by atomic mass is 16.6. The summed E-state index contributed by atoms with van der Waals surface area (Å²) in [4.78, 5) is 88.6. The van der Waals surface area contributed by atoms with Crippen LogP contribution in [-0.4, -0.2) is 89.2 Å². The minimum Gasteiger partial charge on any atom is -0.445 e. The van der Waals surface area contributed by atoms with Crippen LogP contribution in [0, 0.1) is 0 Å². The van der Waals surface area contributed by atoms with Gasteiger partial charge in [-0.2, -0.15) is 0 Å². The Balaban J connectivity index is 0.000000183. The maximum atomic E-state index is 14.2. The monoisotopic (exact) mass is 1040 g/mol. The van der Waals surface area contributed by atoms with Gasteiger partial charge in [0, 0.05) is 70.5 Å². The number of amides is 5. The van der Waals surface area contributed by atoms with E-state index in [0.29, 0.717) is 5.56 Å². The van der Waals surface area contributed by atoms with Crippen LogP contribution in [0.4, 0.5) is 4.79 Å². The van der Waals surface area contributed by atoms with Gasteiger partial charge in [-0.15, -0.1) is 0 Å². The third kappa shape index (κ3) is 8.91. The molecular weight excluding hydrogens is 975 g/mol. The van der Waals surface area contributed by atoms with Crippen LogP contribution < -0.4 is 5.32 Å². The lowest BCUT2D eigenvalue weighted by molar-refractivity contribution is -0.157. The van der Waals surface area contributed by atoms with Crippen LogP contribution in [0.25, 0.3) is 43.6 Å². The van der Waals surface area contributed by atoms with E-state index in [0.717, 1.165) is 109 Å². The number of aromatic amines is 2. The lowest BCUT2D eigenvalue weighted by Crippen LogP contribution is -2.42. The number of benzene rings is 5. The van der Waals surface area contributed by atoms with Crippen molar-refractivity contribution in [2.45, 2.75) is 96.9 Å². The number of H-pyrrole nitrogens is 2. The highest BCUT2D eigenvalue weighted by Crippen LogP contribution is 2.49. The second-order valence-corrected chi connectivity index (χ2v) is 19.7. The van der Waals surface area contributed by atoms with Crippen molar-refractivity contribution in [3.63, 3.8) is 0 Å². The molecule has 4 N–H and O–H groups in total. The van der Waals surface area contributed by atoms with Gasteiger partial charge in [0.15, 0.2) is 6.73 Å². The van der Waals surface area contributed by atoms with Gasteiger partial charge in [0.1, 0.15) is 19.4 Å². The quantitative estimate of drug-likeness (QED) is 0.0719. The van der Waals surface area contributed by atoms with Crippen LogP contribution in [0.5, 0.6) is 0 Å². The molecule has 5 aromatic carbocycles. The largest absolute Gasteiger partial charge is 0.445 e. The Kier molecular flexibility index (Phi) is 14.2. The van der Waals surface area contributed by atoms with E-state index in [4.69, 9.17) is 9.47 Å². The minimum absolute atomic E-state index is 0. The minimum atomic E-state index is -1.07. The number of alkyl carbamates (subject to hydrolysis) is 1. The van der Waals surface area contributed by atoms with Gasteiger partial charge in [-0.3, -0.25) is 24.1 Å². The van der Waals surface area contributed by atoms with Crippen molar-refractivity contribution in [2.75, 3.05) is 13.5 Å². The van der Waals surface area contributed by atoms with Gasteiger partial charge in [-0.05, 0) is 83.7 Å². The van der Waals surface area contributed by atoms with Crippen molar-refractivity contribution in [2.24, 2.45) is 0 Å². The number of hydrogen-bond acceptors (Lipinski definition) is 9. The molecule has 0 saturated carbocycles. The summed E-state index contributed by atoms with van der Waals surface area (Å²) in [6, 6.07) is 35.9. The highest BCUT2D eigenvalue weighted by Gasteiger charge is 2.52. The molecule has 2 fully saturated rings. The second kappa shape index (κ2) is 21.1. The van der Waals surface area contributed by atoms with E-state index >= 15 is 0 Å². The predicted molar refractivity (Wildman–Crippen MR) is 293 cm³/mol. The molecule has 5 unspecified atom stereocenters. The second-order valence-electron chi connectivity index (χ2n) is 19.7. The molecular formula is C61H61N7O9. The normalized spacial score (nSPS) is 19.0. The van der Waals surface area contributed by atoms with Gasteiger partial charge in [0.05, 0.1) is 34.7 Å². The molecule has 0 aliphatic carbocycles. The molecule has 4 aliphatic rings. The number of rotatable bonds is 11. The van der Waals surface area contributed by atoms with Gasteiger partial charge < -0.3 is 39.0 Å². The fourth-order valence-electron chi connectivity index (χ4n) is 12.0. The third-order valence-corrected chi connectivity index (χ3v) is 15.5. The van der Waals surface area contributed by atoms with Gasteiger partial charge in [0.2, 0.25) is 23.6 Å². The molecule has 8 heterocycles. The SMILES string of the molecule is C.C.CC(NC(=O)OCc1ccccc1)C(=O)OCN1C(=O)C(c2c[nH]c3ccccc23)C(c2cn3c4c(cccc24)CCC3)C1=O.O=C1C(c2c[nH]c3ccccc23)C(c2cn3c4c(cccc24)CCC3)C(=O)N1CO. The molecule has 9 aromatic rings. The Labute approximate surface area is 444 Å². The number of aliphatic hydroxyl groups is 1. The molecule has 16 heteroatoms. The Morgan fingerprint density at radius 1 is 0.584 bits per heavy atom. The number of ether oxygens (including phenoxy) is 2. The molecule has 5 amide bonds. The third-order valence-electron chi connectivity index (χ3n) is 15.5. The van der Waals surface area contributed by atoms with E-state index in [1.54, 1.807) is 6.20 Å². The smallest absolute Gasteiger partial charge is 0.408 e. The maximum absolute atomic E-state index is 14.2. The van der Waals surface area contributed by atoms with Gasteiger partial charge >= 0.3 is 12.1 Å². The number of imide groups is 2. The van der Waals surface area contributed by atoms with E-state index in [9.17, 15) is 33.9 Å². The fraction of sp³-hybridized carbons (Fsp3) is 0.279. The molecule has 394 valence electrons. The van der Waals surface area contributed by atoms with E-state index in [2.05, 4.69) is 36.6 Å². The number of aromatic nitrogens is 4. The van der Waals surface area contributed by atoms with Crippen molar-refractivity contribution < 1.29 is 43.3 Å². The molecule has 13 rings (SSSR count). The first-order valence-corrected chi connectivity index (χ1v) is 25.4. The van der Waals surface area contributed by atoms with Crippen molar-refractivity contribution in [3.05, 3.63) is 179 Å². The van der Waals surface area contributed by atoms with E-state index in [1.165, 1.54) is 23.6 Å². The maximum Gasteiger partial charge on any atom is 0.408 e. The molecule has 0 radical (unpaired) electrons. The van der Waals surface area contributed by atoms with E-state index < -0.39 is 67.1 Å².